The lowest BCUT2D eigenvalue weighted by molar-refractivity contribution is 0.199. The highest BCUT2D eigenvalue weighted by atomic mass is 35.5. The van der Waals surface area contributed by atoms with E-state index < -0.39 is 0 Å². The number of anilines is 2. The summed E-state index contributed by atoms with van der Waals surface area (Å²) in [6.07, 6.45) is 3.46. The Balaban J connectivity index is 0.00000190. The number of aromatic nitrogens is 2. The average molecular weight is 541 g/mol. The molecular weight excluding hydrogens is 510 g/mol. The molecule has 0 saturated carbocycles. The zero-order chi connectivity index (χ0) is 24.0. The van der Waals surface area contributed by atoms with Crippen molar-refractivity contribution in [1.29, 1.82) is 0 Å². The van der Waals surface area contributed by atoms with Crippen molar-refractivity contribution in [2.75, 3.05) is 32.1 Å². The van der Waals surface area contributed by atoms with Crippen LogP contribution in [-0.2, 0) is 17.6 Å². The lowest BCUT2D eigenvalue weighted by Crippen LogP contribution is -2.21. The van der Waals surface area contributed by atoms with E-state index in [0.29, 0.717) is 24.5 Å². The molecule has 5 nitrogen and oxygen atoms in total. The first-order valence-electron chi connectivity index (χ1n) is 12.0. The van der Waals surface area contributed by atoms with Crippen molar-refractivity contribution < 1.29 is 9.13 Å². The summed E-state index contributed by atoms with van der Waals surface area (Å²) in [7, 11) is 1.71. The highest BCUT2D eigenvalue weighted by Gasteiger charge is 2.28. The van der Waals surface area contributed by atoms with E-state index in [2.05, 4.69) is 39.9 Å². The van der Waals surface area contributed by atoms with Crippen LogP contribution >= 0.6 is 24.8 Å². The molecule has 1 aliphatic carbocycles. The van der Waals surface area contributed by atoms with Gasteiger partial charge in [0.05, 0.1) is 12.3 Å². The Morgan fingerprint density at radius 1 is 0.946 bits per heavy atom. The average Bonchev–Trinajstić information content (AvgIpc) is 2.89. The summed E-state index contributed by atoms with van der Waals surface area (Å²) in [4.78, 5) is 9.48. The molecule has 3 aromatic carbocycles. The maximum Gasteiger partial charge on any atom is 0.227 e. The van der Waals surface area contributed by atoms with Gasteiger partial charge in [0.1, 0.15) is 5.82 Å². The Bertz CT molecular complexity index is 1320. The summed E-state index contributed by atoms with van der Waals surface area (Å²) in [6.45, 7) is 2.44. The topological polar surface area (TPSA) is 59.1 Å². The van der Waals surface area contributed by atoms with Gasteiger partial charge in [0.2, 0.25) is 5.95 Å². The molecule has 37 heavy (non-hydrogen) atoms. The van der Waals surface area contributed by atoms with E-state index in [1.165, 1.54) is 11.6 Å². The van der Waals surface area contributed by atoms with Crippen molar-refractivity contribution in [3.8, 4) is 11.3 Å². The van der Waals surface area contributed by atoms with E-state index >= 15 is 0 Å². The summed E-state index contributed by atoms with van der Waals surface area (Å²) in [6, 6.07) is 23.5. The highest BCUT2D eigenvalue weighted by Crippen LogP contribution is 2.42. The monoisotopic (exact) mass is 540 g/mol. The van der Waals surface area contributed by atoms with Gasteiger partial charge < -0.3 is 15.4 Å². The first-order valence-corrected chi connectivity index (χ1v) is 12.0. The molecule has 2 N–H and O–H groups in total. The molecule has 5 rings (SSSR count). The van der Waals surface area contributed by atoms with E-state index in [4.69, 9.17) is 9.72 Å². The second-order valence-electron chi connectivity index (χ2n) is 8.75. The molecule has 0 fully saturated rings. The largest absolute Gasteiger partial charge is 0.383 e. The fraction of sp³-hybridized carbons (Fsp3) is 0.241. The molecule has 0 spiro atoms. The number of nitrogens with one attached hydrogen (secondary N) is 2. The van der Waals surface area contributed by atoms with Crippen molar-refractivity contribution in [3.63, 3.8) is 0 Å². The zero-order valence-electron chi connectivity index (χ0n) is 20.6. The quantitative estimate of drug-likeness (QED) is 0.243. The summed E-state index contributed by atoms with van der Waals surface area (Å²) in [5.41, 5.74) is 6.95. The summed E-state index contributed by atoms with van der Waals surface area (Å²) in [5.74, 6) is 0.318. The number of nitrogens with zero attached hydrogens (tertiary/aromatic N) is 2. The van der Waals surface area contributed by atoms with Crippen molar-refractivity contribution >= 4 is 36.4 Å². The van der Waals surface area contributed by atoms with Gasteiger partial charge in [0.25, 0.3) is 0 Å². The van der Waals surface area contributed by atoms with E-state index in [1.54, 1.807) is 13.2 Å². The van der Waals surface area contributed by atoms with Gasteiger partial charge >= 0.3 is 0 Å². The number of hydrogen-bond donors (Lipinski definition) is 2. The molecule has 194 valence electrons. The first-order chi connectivity index (χ1) is 17.2. The van der Waals surface area contributed by atoms with Gasteiger partial charge in [0, 0.05) is 37.0 Å². The van der Waals surface area contributed by atoms with Gasteiger partial charge in [-0.05, 0) is 59.8 Å². The second kappa shape index (κ2) is 13.5. The molecule has 1 heterocycles. The predicted molar refractivity (Wildman–Crippen MR) is 152 cm³/mol. The fourth-order valence-corrected chi connectivity index (χ4v) is 4.70. The van der Waals surface area contributed by atoms with E-state index in [-0.39, 0.29) is 36.5 Å². The van der Waals surface area contributed by atoms with Crippen molar-refractivity contribution in [3.05, 3.63) is 107 Å². The van der Waals surface area contributed by atoms with E-state index in [0.717, 1.165) is 47.6 Å². The Labute approximate surface area is 229 Å². The van der Waals surface area contributed by atoms with Gasteiger partial charge in [0.15, 0.2) is 0 Å². The van der Waals surface area contributed by atoms with Gasteiger partial charge in [-0.3, -0.25) is 0 Å². The van der Waals surface area contributed by atoms with Crippen LogP contribution in [0.3, 0.4) is 0 Å². The predicted octanol–water partition coefficient (Wildman–Crippen LogP) is 6.34. The van der Waals surface area contributed by atoms with Crippen LogP contribution in [0.1, 0.15) is 28.2 Å². The molecule has 1 aromatic heterocycles. The number of ether oxygens (including phenoxy) is 1. The number of halogens is 3. The highest BCUT2D eigenvalue weighted by molar-refractivity contribution is 5.85. The Hall–Kier alpha value is -3.03. The maximum atomic E-state index is 14.7. The van der Waals surface area contributed by atoms with Crippen LogP contribution < -0.4 is 10.6 Å². The van der Waals surface area contributed by atoms with E-state index in [1.807, 2.05) is 42.6 Å². The fourth-order valence-electron chi connectivity index (χ4n) is 4.70. The Kier molecular flexibility index (Phi) is 10.4. The molecule has 0 amide bonds. The van der Waals surface area contributed by atoms with Crippen LogP contribution in [0, 0.1) is 5.82 Å². The van der Waals surface area contributed by atoms with Crippen molar-refractivity contribution in [1.82, 2.24) is 15.3 Å². The molecular formula is C29H31Cl2FN4O. The lowest BCUT2D eigenvalue weighted by Gasteiger charge is -2.27. The number of fused-ring (bicyclic) bond motifs is 3. The minimum absolute atomic E-state index is 0. The third-order valence-corrected chi connectivity index (χ3v) is 6.42. The van der Waals surface area contributed by atoms with Crippen LogP contribution in [0.2, 0.25) is 0 Å². The van der Waals surface area contributed by atoms with Gasteiger partial charge in [-0.25, -0.2) is 14.4 Å². The molecule has 8 heteroatoms. The molecule has 1 aliphatic rings. The first kappa shape index (κ1) is 28.5. The normalized spacial score (nSPS) is 13.5. The minimum atomic E-state index is -0.177. The molecule has 1 unspecified atom stereocenters. The molecule has 0 bridgehead atoms. The molecule has 0 radical (unpaired) electrons. The summed E-state index contributed by atoms with van der Waals surface area (Å²) < 4.78 is 19.7. The second-order valence-corrected chi connectivity index (χ2v) is 8.75. The third kappa shape index (κ3) is 6.65. The number of rotatable bonds is 9. The van der Waals surface area contributed by atoms with E-state index in [9.17, 15) is 4.39 Å². The molecule has 4 aromatic rings. The van der Waals surface area contributed by atoms with Crippen LogP contribution in [0.25, 0.3) is 11.3 Å². The number of hydrogen-bond acceptors (Lipinski definition) is 5. The third-order valence-electron chi connectivity index (χ3n) is 6.42. The van der Waals surface area contributed by atoms with Crippen LogP contribution in [0.15, 0.2) is 79.0 Å². The minimum Gasteiger partial charge on any atom is -0.383 e. The lowest BCUT2D eigenvalue weighted by atomic mass is 9.78. The van der Waals surface area contributed by atoms with Gasteiger partial charge in [-0.15, -0.1) is 24.8 Å². The number of methoxy groups -OCH3 is 1. The molecule has 1 atom stereocenters. The molecule has 0 aliphatic heterocycles. The summed E-state index contributed by atoms with van der Waals surface area (Å²) in [5, 5.41) is 6.74. The van der Waals surface area contributed by atoms with Crippen LogP contribution in [0.5, 0.6) is 0 Å². The van der Waals surface area contributed by atoms with Crippen molar-refractivity contribution in [2.24, 2.45) is 0 Å². The van der Waals surface area contributed by atoms with Crippen LogP contribution in [0.4, 0.5) is 16.0 Å². The maximum absolute atomic E-state index is 14.7. The Morgan fingerprint density at radius 2 is 1.73 bits per heavy atom. The Morgan fingerprint density at radius 3 is 2.54 bits per heavy atom. The van der Waals surface area contributed by atoms with Crippen LogP contribution in [-0.4, -0.2) is 36.8 Å². The number of benzene rings is 3. The SMILES string of the molecule is COCCNCCc1cccc(Nc2ncc3c(n2)-c2ccccc2C(c2ccccc2F)C3)c1.Cl.Cl. The summed E-state index contributed by atoms with van der Waals surface area (Å²) >= 11 is 0. The van der Waals surface area contributed by atoms with Gasteiger partial charge in [-0.2, -0.15) is 0 Å². The van der Waals surface area contributed by atoms with Crippen molar-refractivity contribution in [2.45, 2.75) is 18.8 Å². The van der Waals surface area contributed by atoms with Gasteiger partial charge in [-0.1, -0.05) is 54.6 Å². The smallest absolute Gasteiger partial charge is 0.227 e. The zero-order valence-corrected chi connectivity index (χ0v) is 22.2. The standard InChI is InChI=1S/C29H29FN4O.2ClH/c1-35-16-15-31-14-13-20-7-6-8-22(17-20)33-29-32-19-21-18-26(24-10-4-5-12-27(24)30)23-9-2-3-11-25(23)28(21)34-29;;/h2-12,17,19,26,31H,13-16,18H2,1H3,(H,32,33,34);2*1H. The molecule has 0 saturated heterocycles.